The van der Waals surface area contributed by atoms with Gasteiger partial charge >= 0.3 is 0 Å². The number of benzene rings is 2. The molecular formula is C18H18FN3O2S. The molecule has 3 aromatic rings. The Morgan fingerprint density at radius 1 is 1.12 bits per heavy atom. The van der Waals surface area contributed by atoms with Crippen LogP contribution in [0, 0.1) is 12.7 Å². The van der Waals surface area contributed by atoms with Gasteiger partial charge in [-0.05, 0) is 42.8 Å². The highest BCUT2D eigenvalue weighted by Crippen LogP contribution is 2.14. The molecule has 0 amide bonds. The molecule has 1 N–H and O–H groups in total. The highest BCUT2D eigenvalue weighted by molar-refractivity contribution is 7.89. The SMILES string of the molecule is Cc1ccc(S(=O)(=O)NCCc2ccn(-c3ccccc3)n2)cc1F. The maximum Gasteiger partial charge on any atom is 0.240 e. The summed E-state index contributed by atoms with van der Waals surface area (Å²) in [7, 11) is -3.74. The molecule has 5 nitrogen and oxygen atoms in total. The van der Waals surface area contributed by atoms with Crippen LogP contribution in [0.1, 0.15) is 11.3 Å². The van der Waals surface area contributed by atoms with Crippen LogP contribution >= 0.6 is 0 Å². The van der Waals surface area contributed by atoms with E-state index in [1.54, 1.807) is 11.6 Å². The highest BCUT2D eigenvalue weighted by Gasteiger charge is 2.15. The second-order valence-electron chi connectivity index (χ2n) is 5.65. The van der Waals surface area contributed by atoms with Crippen molar-refractivity contribution in [2.75, 3.05) is 6.54 Å². The van der Waals surface area contributed by atoms with Gasteiger partial charge in [0.15, 0.2) is 0 Å². The topological polar surface area (TPSA) is 64.0 Å². The smallest absolute Gasteiger partial charge is 0.240 e. The van der Waals surface area contributed by atoms with Crippen LogP contribution in [0.3, 0.4) is 0 Å². The van der Waals surface area contributed by atoms with Gasteiger partial charge in [-0.1, -0.05) is 24.3 Å². The predicted octanol–water partition coefficient (Wildman–Crippen LogP) is 2.84. The summed E-state index contributed by atoms with van der Waals surface area (Å²) in [5.41, 5.74) is 2.11. The Morgan fingerprint density at radius 2 is 1.88 bits per heavy atom. The standard InChI is InChI=1S/C18H18FN3O2S/c1-14-7-8-17(13-18(14)19)25(23,24)20-11-9-15-10-12-22(21-15)16-5-3-2-4-6-16/h2-8,10,12-13,20H,9,11H2,1H3. The average Bonchev–Trinajstić information content (AvgIpc) is 3.07. The predicted molar refractivity (Wildman–Crippen MR) is 93.6 cm³/mol. The lowest BCUT2D eigenvalue weighted by Gasteiger charge is -2.07. The van der Waals surface area contributed by atoms with E-state index < -0.39 is 15.8 Å². The van der Waals surface area contributed by atoms with Crippen LogP contribution in [-0.4, -0.2) is 24.7 Å². The molecule has 1 aromatic heterocycles. The van der Waals surface area contributed by atoms with Gasteiger partial charge in [0.05, 0.1) is 16.3 Å². The van der Waals surface area contributed by atoms with Crippen LogP contribution in [-0.2, 0) is 16.4 Å². The fourth-order valence-electron chi connectivity index (χ4n) is 2.36. The number of hydrogen-bond acceptors (Lipinski definition) is 3. The zero-order chi connectivity index (χ0) is 17.9. The van der Waals surface area contributed by atoms with Crippen LogP contribution in [0.25, 0.3) is 5.69 Å². The van der Waals surface area contributed by atoms with Crippen LogP contribution in [0.15, 0.2) is 65.7 Å². The van der Waals surface area contributed by atoms with E-state index >= 15 is 0 Å². The van der Waals surface area contributed by atoms with Crippen LogP contribution in [0.4, 0.5) is 4.39 Å². The summed E-state index contributed by atoms with van der Waals surface area (Å²) in [6, 6.07) is 15.4. The molecule has 0 aliphatic carbocycles. The molecule has 0 aliphatic heterocycles. The van der Waals surface area contributed by atoms with Gasteiger partial charge < -0.3 is 0 Å². The van der Waals surface area contributed by atoms with Crippen molar-refractivity contribution < 1.29 is 12.8 Å². The molecule has 130 valence electrons. The van der Waals surface area contributed by atoms with Gasteiger partial charge in [-0.25, -0.2) is 22.2 Å². The van der Waals surface area contributed by atoms with Gasteiger partial charge in [0.1, 0.15) is 5.82 Å². The first kappa shape index (κ1) is 17.3. The van der Waals surface area contributed by atoms with Gasteiger partial charge in [-0.3, -0.25) is 0 Å². The molecular weight excluding hydrogens is 341 g/mol. The van der Waals surface area contributed by atoms with Crippen molar-refractivity contribution in [2.24, 2.45) is 0 Å². The summed E-state index contributed by atoms with van der Waals surface area (Å²) < 4.78 is 42.2. The second kappa shape index (κ2) is 7.16. The minimum absolute atomic E-state index is 0.0783. The molecule has 0 saturated heterocycles. The first-order valence-corrected chi connectivity index (χ1v) is 9.30. The van der Waals surface area contributed by atoms with Crippen molar-refractivity contribution in [3.63, 3.8) is 0 Å². The lowest BCUT2D eigenvalue weighted by atomic mass is 10.2. The van der Waals surface area contributed by atoms with Crippen molar-refractivity contribution in [3.05, 3.63) is 77.9 Å². The maximum atomic E-state index is 13.6. The fourth-order valence-corrected chi connectivity index (χ4v) is 3.40. The van der Waals surface area contributed by atoms with Crippen molar-refractivity contribution >= 4 is 10.0 Å². The molecule has 0 saturated carbocycles. The monoisotopic (exact) mass is 359 g/mol. The molecule has 25 heavy (non-hydrogen) atoms. The lowest BCUT2D eigenvalue weighted by molar-refractivity contribution is 0.576. The number of rotatable bonds is 6. The third-order valence-electron chi connectivity index (χ3n) is 3.79. The Hall–Kier alpha value is -2.51. The number of para-hydroxylation sites is 1. The zero-order valence-electron chi connectivity index (χ0n) is 13.7. The van der Waals surface area contributed by atoms with E-state index in [0.29, 0.717) is 12.0 Å². The molecule has 3 rings (SSSR count). The molecule has 0 fully saturated rings. The first-order valence-electron chi connectivity index (χ1n) is 7.81. The van der Waals surface area contributed by atoms with Gasteiger partial charge in [-0.2, -0.15) is 5.10 Å². The number of nitrogens with one attached hydrogen (secondary N) is 1. The minimum atomic E-state index is -3.74. The van der Waals surface area contributed by atoms with Gasteiger partial charge in [0, 0.05) is 19.2 Å². The molecule has 0 bridgehead atoms. The van der Waals surface area contributed by atoms with E-state index in [9.17, 15) is 12.8 Å². The Morgan fingerprint density at radius 3 is 2.60 bits per heavy atom. The van der Waals surface area contributed by atoms with E-state index in [-0.39, 0.29) is 11.4 Å². The first-order chi connectivity index (χ1) is 12.0. The van der Waals surface area contributed by atoms with E-state index in [0.717, 1.165) is 17.4 Å². The van der Waals surface area contributed by atoms with Crippen LogP contribution in [0.5, 0.6) is 0 Å². The number of hydrogen-bond donors (Lipinski definition) is 1. The molecule has 0 radical (unpaired) electrons. The number of aromatic nitrogens is 2. The molecule has 0 atom stereocenters. The Balaban J connectivity index is 1.63. The second-order valence-corrected chi connectivity index (χ2v) is 7.41. The van der Waals surface area contributed by atoms with Crippen molar-refractivity contribution in [3.8, 4) is 5.69 Å². The summed E-state index contributed by atoms with van der Waals surface area (Å²) in [5, 5.41) is 4.42. The van der Waals surface area contributed by atoms with Crippen LogP contribution < -0.4 is 4.72 Å². The number of nitrogens with zero attached hydrogens (tertiary/aromatic N) is 2. The number of halogens is 1. The normalized spacial score (nSPS) is 11.6. The third kappa shape index (κ3) is 4.12. The summed E-state index contributed by atoms with van der Waals surface area (Å²) in [5.74, 6) is -0.538. The molecule has 0 aliphatic rings. The summed E-state index contributed by atoms with van der Waals surface area (Å²) in [6.07, 6.45) is 2.27. The van der Waals surface area contributed by atoms with E-state index in [2.05, 4.69) is 9.82 Å². The Kier molecular flexibility index (Phi) is 4.96. The van der Waals surface area contributed by atoms with Crippen molar-refractivity contribution in [2.45, 2.75) is 18.2 Å². The fraction of sp³-hybridized carbons (Fsp3) is 0.167. The number of aryl methyl sites for hydroxylation is 1. The average molecular weight is 359 g/mol. The molecule has 0 spiro atoms. The van der Waals surface area contributed by atoms with Crippen LogP contribution in [0.2, 0.25) is 0 Å². The number of sulfonamides is 1. The summed E-state index contributed by atoms with van der Waals surface area (Å²) in [4.78, 5) is -0.0783. The van der Waals surface area contributed by atoms with Gasteiger partial charge in [-0.15, -0.1) is 0 Å². The Bertz CT molecular complexity index is 969. The lowest BCUT2D eigenvalue weighted by Crippen LogP contribution is -2.26. The Labute approximate surface area is 146 Å². The van der Waals surface area contributed by atoms with Crippen molar-refractivity contribution in [1.29, 1.82) is 0 Å². The molecule has 2 aromatic carbocycles. The molecule has 7 heteroatoms. The maximum absolute atomic E-state index is 13.6. The van der Waals surface area contributed by atoms with Gasteiger partial charge in [0.2, 0.25) is 10.0 Å². The van der Waals surface area contributed by atoms with E-state index in [1.165, 1.54) is 12.1 Å². The third-order valence-corrected chi connectivity index (χ3v) is 5.25. The molecule has 0 unspecified atom stereocenters. The zero-order valence-corrected chi connectivity index (χ0v) is 14.5. The largest absolute Gasteiger partial charge is 0.241 e. The molecule has 1 heterocycles. The van der Waals surface area contributed by atoms with Gasteiger partial charge in [0.25, 0.3) is 0 Å². The van der Waals surface area contributed by atoms with E-state index in [1.807, 2.05) is 42.6 Å². The summed E-state index contributed by atoms with van der Waals surface area (Å²) in [6.45, 7) is 1.77. The van der Waals surface area contributed by atoms with E-state index in [4.69, 9.17) is 0 Å². The quantitative estimate of drug-likeness (QED) is 0.736. The minimum Gasteiger partial charge on any atom is -0.241 e. The summed E-state index contributed by atoms with van der Waals surface area (Å²) >= 11 is 0. The highest BCUT2D eigenvalue weighted by atomic mass is 32.2. The van der Waals surface area contributed by atoms with Crippen molar-refractivity contribution in [1.82, 2.24) is 14.5 Å².